The third-order valence-corrected chi connectivity index (χ3v) is 4.67. The van der Waals surface area contributed by atoms with Gasteiger partial charge in [0.05, 0.1) is 5.92 Å². The minimum absolute atomic E-state index is 0.0333. The molecule has 1 aromatic rings. The third-order valence-electron chi connectivity index (χ3n) is 3.93. The van der Waals surface area contributed by atoms with Crippen LogP contribution in [0.1, 0.15) is 32.8 Å². The Labute approximate surface area is 136 Å². The number of benzene rings is 1. The summed E-state index contributed by atoms with van der Waals surface area (Å²) in [4.78, 5) is 27.3. The fourth-order valence-electron chi connectivity index (χ4n) is 2.61. The summed E-state index contributed by atoms with van der Waals surface area (Å²) in [6, 6.07) is 8.14. The summed E-state index contributed by atoms with van der Waals surface area (Å²) < 4.78 is 0. The van der Waals surface area contributed by atoms with Gasteiger partial charge in [-0.1, -0.05) is 12.1 Å². The van der Waals surface area contributed by atoms with Crippen LogP contribution in [0.2, 0.25) is 0 Å². The number of rotatable bonds is 4. The third kappa shape index (κ3) is 4.03. The molecule has 4 nitrogen and oxygen atoms in total. The Morgan fingerprint density at radius 1 is 1.32 bits per heavy atom. The van der Waals surface area contributed by atoms with E-state index in [1.165, 1.54) is 4.90 Å². The van der Waals surface area contributed by atoms with Gasteiger partial charge in [-0.15, -0.1) is 11.8 Å². The summed E-state index contributed by atoms with van der Waals surface area (Å²) in [5.41, 5.74) is 0.850. The Morgan fingerprint density at radius 3 is 2.45 bits per heavy atom. The Kier molecular flexibility index (Phi) is 5.16. The first-order valence-electron chi connectivity index (χ1n) is 7.52. The number of hydrogen-bond donors (Lipinski definition) is 1. The van der Waals surface area contributed by atoms with Crippen molar-refractivity contribution in [3.05, 3.63) is 29.8 Å². The van der Waals surface area contributed by atoms with Crippen LogP contribution in [-0.4, -0.2) is 35.1 Å². The van der Waals surface area contributed by atoms with E-state index in [0.717, 1.165) is 5.56 Å². The molecular weight excluding hydrogens is 296 g/mol. The standard InChI is InChI=1S/C17H24N2O2S/c1-17(2,3)19-11-13(9-15(19)20)16(21)18-10-12-5-7-14(22-4)8-6-12/h5-8,13H,9-11H2,1-4H3,(H,18,21)/t13-/m0/s1. The first kappa shape index (κ1) is 16.9. The first-order valence-corrected chi connectivity index (χ1v) is 8.75. The molecule has 1 heterocycles. The van der Waals surface area contributed by atoms with Crippen LogP contribution in [0.3, 0.4) is 0 Å². The van der Waals surface area contributed by atoms with E-state index in [-0.39, 0.29) is 23.3 Å². The summed E-state index contributed by atoms with van der Waals surface area (Å²) in [5, 5.41) is 2.95. The van der Waals surface area contributed by atoms with Gasteiger partial charge in [0.1, 0.15) is 0 Å². The number of nitrogens with zero attached hydrogens (tertiary/aromatic N) is 1. The molecule has 22 heavy (non-hydrogen) atoms. The molecule has 1 saturated heterocycles. The second-order valence-corrected chi connectivity index (χ2v) is 7.52. The van der Waals surface area contributed by atoms with E-state index in [9.17, 15) is 9.59 Å². The van der Waals surface area contributed by atoms with E-state index in [2.05, 4.69) is 5.32 Å². The topological polar surface area (TPSA) is 49.4 Å². The Hall–Kier alpha value is -1.49. The number of likely N-dealkylation sites (tertiary alicyclic amines) is 1. The van der Waals surface area contributed by atoms with Crippen molar-refractivity contribution in [1.29, 1.82) is 0 Å². The van der Waals surface area contributed by atoms with Crippen LogP contribution in [0.25, 0.3) is 0 Å². The van der Waals surface area contributed by atoms with Gasteiger partial charge in [-0.05, 0) is 44.7 Å². The van der Waals surface area contributed by atoms with Crippen molar-refractivity contribution in [3.63, 3.8) is 0 Å². The zero-order valence-corrected chi connectivity index (χ0v) is 14.5. The lowest BCUT2D eigenvalue weighted by molar-refractivity contribution is -0.132. The Balaban J connectivity index is 1.89. The molecule has 1 atom stereocenters. The van der Waals surface area contributed by atoms with E-state index < -0.39 is 0 Å². The van der Waals surface area contributed by atoms with Crippen molar-refractivity contribution in [1.82, 2.24) is 10.2 Å². The van der Waals surface area contributed by atoms with Crippen LogP contribution in [-0.2, 0) is 16.1 Å². The second-order valence-electron chi connectivity index (χ2n) is 6.64. The zero-order chi connectivity index (χ0) is 16.3. The molecule has 1 aliphatic rings. The molecule has 0 bridgehead atoms. The SMILES string of the molecule is CSc1ccc(CNC(=O)[C@H]2CC(=O)N(C(C)(C)C)C2)cc1. The average molecular weight is 320 g/mol. The lowest BCUT2D eigenvalue weighted by Crippen LogP contribution is -2.43. The lowest BCUT2D eigenvalue weighted by atomic mass is 10.1. The molecule has 1 aliphatic heterocycles. The highest BCUT2D eigenvalue weighted by atomic mass is 32.2. The van der Waals surface area contributed by atoms with Crippen LogP contribution in [0.4, 0.5) is 0 Å². The van der Waals surface area contributed by atoms with Crippen molar-refractivity contribution in [2.24, 2.45) is 5.92 Å². The molecule has 0 aliphatic carbocycles. The average Bonchev–Trinajstić information content (AvgIpc) is 2.87. The van der Waals surface area contributed by atoms with Gasteiger partial charge >= 0.3 is 0 Å². The quantitative estimate of drug-likeness (QED) is 0.868. The van der Waals surface area contributed by atoms with Gasteiger partial charge < -0.3 is 10.2 Å². The lowest BCUT2D eigenvalue weighted by Gasteiger charge is -2.31. The molecule has 0 saturated carbocycles. The van der Waals surface area contributed by atoms with Gasteiger partial charge in [0.25, 0.3) is 0 Å². The maximum absolute atomic E-state index is 12.3. The van der Waals surface area contributed by atoms with Gasteiger partial charge in [-0.2, -0.15) is 0 Å². The number of carbonyl (C=O) groups excluding carboxylic acids is 2. The minimum Gasteiger partial charge on any atom is -0.352 e. The molecule has 2 rings (SSSR count). The van der Waals surface area contributed by atoms with Crippen molar-refractivity contribution >= 4 is 23.6 Å². The van der Waals surface area contributed by atoms with Gasteiger partial charge in [-0.25, -0.2) is 0 Å². The number of amides is 2. The van der Waals surface area contributed by atoms with E-state index in [0.29, 0.717) is 19.5 Å². The summed E-state index contributed by atoms with van der Waals surface area (Å²) >= 11 is 1.69. The Morgan fingerprint density at radius 2 is 1.95 bits per heavy atom. The van der Waals surface area contributed by atoms with E-state index in [1.54, 1.807) is 16.7 Å². The monoisotopic (exact) mass is 320 g/mol. The largest absolute Gasteiger partial charge is 0.352 e. The summed E-state index contributed by atoms with van der Waals surface area (Å²) in [5.74, 6) is -0.205. The van der Waals surface area contributed by atoms with Crippen LogP contribution in [0, 0.1) is 5.92 Å². The molecule has 1 N–H and O–H groups in total. The predicted molar refractivity (Wildman–Crippen MR) is 89.6 cm³/mol. The molecule has 1 fully saturated rings. The zero-order valence-electron chi connectivity index (χ0n) is 13.7. The molecule has 5 heteroatoms. The normalized spacial score (nSPS) is 18.6. The number of carbonyl (C=O) groups is 2. The maximum atomic E-state index is 12.3. The first-order chi connectivity index (χ1) is 10.3. The second kappa shape index (κ2) is 6.73. The number of hydrogen-bond acceptors (Lipinski definition) is 3. The van der Waals surface area contributed by atoms with Gasteiger partial charge in [0.2, 0.25) is 11.8 Å². The predicted octanol–water partition coefficient (Wildman–Crippen LogP) is 2.67. The molecule has 2 amide bonds. The van der Waals surface area contributed by atoms with Crippen LogP contribution < -0.4 is 5.32 Å². The maximum Gasteiger partial charge on any atom is 0.225 e. The van der Waals surface area contributed by atoms with Crippen molar-refractivity contribution in [3.8, 4) is 0 Å². The van der Waals surface area contributed by atoms with Crippen LogP contribution >= 0.6 is 11.8 Å². The summed E-state index contributed by atoms with van der Waals surface area (Å²) in [6.45, 7) is 7.02. The van der Waals surface area contributed by atoms with Gasteiger partial charge in [0.15, 0.2) is 0 Å². The van der Waals surface area contributed by atoms with Crippen LogP contribution in [0.15, 0.2) is 29.2 Å². The van der Waals surface area contributed by atoms with Crippen LogP contribution in [0.5, 0.6) is 0 Å². The van der Waals surface area contributed by atoms with Crippen molar-refractivity contribution in [2.75, 3.05) is 12.8 Å². The summed E-state index contributed by atoms with van der Waals surface area (Å²) in [7, 11) is 0. The van der Waals surface area contributed by atoms with Crippen molar-refractivity contribution < 1.29 is 9.59 Å². The highest BCUT2D eigenvalue weighted by molar-refractivity contribution is 7.98. The van der Waals surface area contributed by atoms with E-state index >= 15 is 0 Å². The molecular formula is C17H24N2O2S. The van der Waals surface area contributed by atoms with E-state index in [1.807, 2.05) is 51.3 Å². The smallest absolute Gasteiger partial charge is 0.225 e. The highest BCUT2D eigenvalue weighted by Gasteiger charge is 2.39. The molecule has 0 unspecified atom stereocenters. The van der Waals surface area contributed by atoms with Crippen molar-refractivity contribution in [2.45, 2.75) is 44.2 Å². The number of nitrogens with one attached hydrogen (secondary N) is 1. The fourth-order valence-corrected chi connectivity index (χ4v) is 3.02. The molecule has 1 aromatic carbocycles. The summed E-state index contributed by atoms with van der Waals surface area (Å²) in [6.07, 6.45) is 2.35. The van der Waals surface area contributed by atoms with E-state index in [4.69, 9.17) is 0 Å². The number of thioether (sulfide) groups is 1. The molecule has 120 valence electrons. The molecule has 0 radical (unpaired) electrons. The molecule has 0 aromatic heterocycles. The fraction of sp³-hybridized carbons (Fsp3) is 0.529. The van der Waals surface area contributed by atoms with Gasteiger partial charge in [0, 0.05) is 29.9 Å². The highest BCUT2D eigenvalue weighted by Crippen LogP contribution is 2.25. The minimum atomic E-state index is -0.239. The molecule has 0 spiro atoms. The van der Waals surface area contributed by atoms with Gasteiger partial charge in [-0.3, -0.25) is 9.59 Å². The Bertz CT molecular complexity index is 549.